The number of amides is 1. The first-order valence-corrected chi connectivity index (χ1v) is 11.3. The van der Waals surface area contributed by atoms with E-state index in [2.05, 4.69) is 44.5 Å². The SMILES string of the molecule is CCCSc1ncc(Cl)c(C(=O)Nc2nnc(SCc3ccccc3)s2)n1. The van der Waals surface area contributed by atoms with Gasteiger partial charge in [-0.1, -0.05) is 83.7 Å². The third-order valence-corrected chi connectivity index (χ3v) is 6.59. The molecule has 0 aliphatic carbocycles. The zero-order chi connectivity index (χ0) is 19.1. The number of nitrogens with zero attached hydrogens (tertiary/aromatic N) is 4. The predicted octanol–water partition coefficient (Wildman–Crippen LogP) is 5.03. The molecule has 2 heterocycles. The number of carbonyl (C=O) groups is 1. The van der Waals surface area contributed by atoms with Gasteiger partial charge in [0.1, 0.15) is 0 Å². The van der Waals surface area contributed by atoms with Crippen molar-refractivity contribution in [3.63, 3.8) is 0 Å². The molecule has 0 fully saturated rings. The Kier molecular flexibility index (Phi) is 7.45. The van der Waals surface area contributed by atoms with Gasteiger partial charge in [0.25, 0.3) is 5.91 Å². The fourth-order valence-electron chi connectivity index (χ4n) is 1.97. The zero-order valence-corrected chi connectivity index (χ0v) is 17.6. The molecule has 0 saturated carbocycles. The lowest BCUT2D eigenvalue weighted by molar-refractivity contribution is 0.102. The van der Waals surface area contributed by atoms with E-state index in [0.29, 0.717) is 10.3 Å². The molecule has 3 rings (SSSR count). The van der Waals surface area contributed by atoms with E-state index < -0.39 is 5.91 Å². The first kappa shape index (κ1) is 20.1. The number of aromatic nitrogens is 4. The topological polar surface area (TPSA) is 80.7 Å². The highest BCUT2D eigenvalue weighted by Crippen LogP contribution is 2.29. The number of hydrogen-bond acceptors (Lipinski definition) is 8. The molecule has 1 amide bonds. The molecule has 0 aliphatic heterocycles. The second-order valence-corrected chi connectivity index (χ2v) is 8.97. The van der Waals surface area contributed by atoms with Crippen molar-refractivity contribution in [2.45, 2.75) is 28.6 Å². The van der Waals surface area contributed by atoms with Crippen LogP contribution in [-0.4, -0.2) is 31.8 Å². The molecule has 10 heteroatoms. The molecule has 6 nitrogen and oxygen atoms in total. The lowest BCUT2D eigenvalue weighted by Gasteiger charge is -2.04. The summed E-state index contributed by atoms with van der Waals surface area (Å²) in [6.07, 6.45) is 2.44. The second-order valence-electron chi connectivity index (χ2n) is 5.30. The number of benzene rings is 1. The van der Waals surface area contributed by atoms with Crippen molar-refractivity contribution in [2.75, 3.05) is 11.1 Å². The fourth-order valence-corrected chi connectivity index (χ4v) is 4.52. The molecule has 0 radical (unpaired) electrons. The maximum Gasteiger partial charge on any atom is 0.277 e. The quantitative estimate of drug-likeness (QED) is 0.300. The summed E-state index contributed by atoms with van der Waals surface area (Å²) in [4.78, 5) is 20.9. The van der Waals surface area contributed by atoms with Gasteiger partial charge in [0.2, 0.25) is 5.13 Å². The number of thioether (sulfide) groups is 2. The second kappa shape index (κ2) is 10.0. The van der Waals surface area contributed by atoms with Crippen molar-refractivity contribution in [3.8, 4) is 0 Å². The van der Waals surface area contributed by atoms with Crippen molar-refractivity contribution >= 4 is 57.5 Å². The van der Waals surface area contributed by atoms with Crippen LogP contribution >= 0.6 is 46.5 Å². The van der Waals surface area contributed by atoms with Crippen LogP contribution in [0.1, 0.15) is 29.4 Å². The number of anilines is 1. The number of rotatable bonds is 8. The van der Waals surface area contributed by atoms with Gasteiger partial charge < -0.3 is 0 Å². The molecular weight excluding hydrogens is 422 g/mol. The van der Waals surface area contributed by atoms with Crippen LogP contribution in [0.4, 0.5) is 5.13 Å². The highest BCUT2D eigenvalue weighted by Gasteiger charge is 2.17. The molecule has 27 heavy (non-hydrogen) atoms. The Labute approximate surface area is 174 Å². The van der Waals surface area contributed by atoms with Gasteiger partial charge in [-0.3, -0.25) is 10.1 Å². The minimum absolute atomic E-state index is 0.138. The fraction of sp³-hybridized carbons (Fsp3) is 0.235. The van der Waals surface area contributed by atoms with Gasteiger partial charge in [0.15, 0.2) is 15.2 Å². The third-order valence-electron chi connectivity index (χ3n) is 3.20. The Bertz CT molecular complexity index is 907. The van der Waals surface area contributed by atoms with Crippen molar-refractivity contribution < 1.29 is 4.79 Å². The van der Waals surface area contributed by atoms with Gasteiger partial charge >= 0.3 is 0 Å². The first-order chi connectivity index (χ1) is 13.2. The molecule has 0 spiro atoms. The van der Waals surface area contributed by atoms with Crippen LogP contribution in [0.15, 0.2) is 46.0 Å². The number of halogens is 1. The molecule has 1 N–H and O–H groups in total. The van der Waals surface area contributed by atoms with Crippen molar-refractivity contribution in [1.29, 1.82) is 0 Å². The first-order valence-electron chi connectivity index (χ1n) is 8.12. The van der Waals surface area contributed by atoms with Gasteiger partial charge in [0.05, 0.1) is 11.2 Å². The van der Waals surface area contributed by atoms with Crippen LogP contribution in [0, 0.1) is 0 Å². The maximum absolute atomic E-state index is 12.5. The van der Waals surface area contributed by atoms with E-state index in [1.165, 1.54) is 34.9 Å². The molecule has 0 atom stereocenters. The molecule has 0 aliphatic rings. The summed E-state index contributed by atoms with van der Waals surface area (Å²) in [5, 5.41) is 12.0. The van der Waals surface area contributed by atoms with E-state index in [0.717, 1.165) is 22.3 Å². The molecule has 0 unspecified atom stereocenters. The van der Waals surface area contributed by atoms with Gasteiger partial charge in [-0.15, -0.1) is 10.2 Å². The summed E-state index contributed by atoms with van der Waals surface area (Å²) in [6.45, 7) is 2.07. The largest absolute Gasteiger partial charge is 0.295 e. The van der Waals surface area contributed by atoms with Crippen molar-refractivity contribution in [2.24, 2.45) is 0 Å². The van der Waals surface area contributed by atoms with Crippen LogP contribution in [0.3, 0.4) is 0 Å². The minimum Gasteiger partial charge on any atom is -0.295 e. The van der Waals surface area contributed by atoms with E-state index in [1.54, 1.807) is 11.8 Å². The van der Waals surface area contributed by atoms with Crippen LogP contribution < -0.4 is 5.32 Å². The molecule has 0 bridgehead atoms. The normalized spacial score (nSPS) is 10.7. The van der Waals surface area contributed by atoms with E-state index in [1.807, 2.05) is 18.2 Å². The van der Waals surface area contributed by atoms with Crippen LogP contribution in [0.5, 0.6) is 0 Å². The lowest BCUT2D eigenvalue weighted by Crippen LogP contribution is -2.15. The number of hydrogen-bond donors (Lipinski definition) is 1. The van der Waals surface area contributed by atoms with E-state index in [4.69, 9.17) is 11.6 Å². The smallest absolute Gasteiger partial charge is 0.277 e. The molecular formula is C17H16ClN5OS3. The van der Waals surface area contributed by atoms with Crippen LogP contribution in [0.2, 0.25) is 5.02 Å². The van der Waals surface area contributed by atoms with Gasteiger partial charge in [-0.05, 0) is 12.0 Å². The van der Waals surface area contributed by atoms with Gasteiger partial charge in [-0.2, -0.15) is 0 Å². The maximum atomic E-state index is 12.5. The molecule has 2 aromatic heterocycles. The predicted molar refractivity (Wildman–Crippen MR) is 112 cm³/mol. The van der Waals surface area contributed by atoms with E-state index in [-0.39, 0.29) is 10.7 Å². The Hall–Kier alpha value is -1.68. The monoisotopic (exact) mass is 437 g/mol. The van der Waals surface area contributed by atoms with E-state index in [9.17, 15) is 4.79 Å². The highest BCUT2D eigenvalue weighted by atomic mass is 35.5. The molecule has 0 saturated heterocycles. The molecule has 1 aromatic carbocycles. The minimum atomic E-state index is -0.420. The summed E-state index contributed by atoms with van der Waals surface area (Å²) in [5.41, 5.74) is 1.34. The summed E-state index contributed by atoms with van der Waals surface area (Å²) < 4.78 is 0.780. The molecule has 140 valence electrons. The third kappa shape index (κ3) is 5.90. The lowest BCUT2D eigenvalue weighted by atomic mass is 10.2. The Morgan fingerprint density at radius 2 is 2.04 bits per heavy atom. The van der Waals surface area contributed by atoms with Gasteiger partial charge in [-0.25, -0.2) is 9.97 Å². The summed E-state index contributed by atoms with van der Waals surface area (Å²) in [5.74, 6) is 1.25. The van der Waals surface area contributed by atoms with Crippen molar-refractivity contribution in [1.82, 2.24) is 20.2 Å². The Morgan fingerprint density at radius 1 is 1.22 bits per heavy atom. The summed E-state index contributed by atoms with van der Waals surface area (Å²) in [7, 11) is 0. The highest BCUT2D eigenvalue weighted by molar-refractivity contribution is 8.00. The Morgan fingerprint density at radius 3 is 2.81 bits per heavy atom. The Balaban J connectivity index is 1.62. The summed E-state index contributed by atoms with van der Waals surface area (Å²) in [6, 6.07) is 10.1. The number of carbonyl (C=O) groups excluding carboxylic acids is 1. The van der Waals surface area contributed by atoms with Gasteiger partial charge in [0, 0.05) is 11.5 Å². The van der Waals surface area contributed by atoms with Crippen LogP contribution in [-0.2, 0) is 5.75 Å². The average molecular weight is 438 g/mol. The summed E-state index contributed by atoms with van der Waals surface area (Å²) >= 11 is 10.5. The van der Waals surface area contributed by atoms with Crippen molar-refractivity contribution in [3.05, 3.63) is 52.8 Å². The number of nitrogens with one attached hydrogen (secondary N) is 1. The standard InChI is InChI=1S/C17H16ClN5OS3/c1-2-8-25-15-19-9-12(18)13(20-15)14(24)21-16-22-23-17(27-16)26-10-11-6-4-3-5-7-11/h3-7,9H,2,8,10H2,1H3,(H,21,22,24). The zero-order valence-electron chi connectivity index (χ0n) is 14.4. The van der Waals surface area contributed by atoms with Crippen LogP contribution in [0.25, 0.3) is 0 Å². The molecule has 3 aromatic rings. The average Bonchev–Trinajstić information content (AvgIpc) is 3.13. The van der Waals surface area contributed by atoms with E-state index >= 15 is 0 Å².